The minimum absolute atomic E-state index is 0.0217. The summed E-state index contributed by atoms with van der Waals surface area (Å²) in [6, 6.07) is 5.60. The minimum Gasteiger partial charge on any atom is -0.392 e. The molecule has 1 unspecified atom stereocenters. The number of rotatable bonds is 4. The van der Waals surface area contributed by atoms with Crippen molar-refractivity contribution >= 4 is 32.9 Å². The van der Waals surface area contributed by atoms with Crippen LogP contribution in [-0.2, 0) is 10.0 Å². The van der Waals surface area contributed by atoms with Gasteiger partial charge in [0.1, 0.15) is 5.25 Å². The zero-order chi connectivity index (χ0) is 14.1. The Labute approximate surface area is 114 Å². The van der Waals surface area contributed by atoms with E-state index >= 15 is 0 Å². The lowest BCUT2D eigenvalue weighted by Crippen LogP contribution is -2.41. The quantitative estimate of drug-likeness (QED) is 0.856. The minimum atomic E-state index is -3.56. The first-order valence-electron chi connectivity index (χ1n) is 5.52. The van der Waals surface area contributed by atoms with Crippen molar-refractivity contribution in [3.05, 3.63) is 29.3 Å². The average molecular weight is 286 g/mol. The van der Waals surface area contributed by atoms with Gasteiger partial charge in [-0.1, -0.05) is 29.9 Å². The molecule has 2 N–H and O–H groups in total. The Morgan fingerprint density at radius 3 is 2.39 bits per heavy atom. The molecule has 0 aliphatic carbocycles. The van der Waals surface area contributed by atoms with E-state index in [1.165, 1.54) is 18.3 Å². The van der Waals surface area contributed by atoms with E-state index in [2.05, 4.69) is 0 Å². The van der Waals surface area contributed by atoms with E-state index in [4.69, 9.17) is 18.0 Å². The maximum absolute atomic E-state index is 12.3. The summed E-state index contributed by atoms with van der Waals surface area (Å²) in [5, 5.41) is -0.877. The Morgan fingerprint density at radius 2 is 1.94 bits per heavy atom. The predicted octanol–water partition coefficient (Wildman–Crippen LogP) is 1.74. The van der Waals surface area contributed by atoms with E-state index in [0.717, 1.165) is 11.1 Å². The molecule has 1 atom stereocenters. The topological polar surface area (TPSA) is 63.4 Å². The molecule has 0 saturated carbocycles. The molecule has 0 amide bonds. The van der Waals surface area contributed by atoms with E-state index in [1.807, 2.05) is 26.0 Å². The molecule has 18 heavy (non-hydrogen) atoms. The van der Waals surface area contributed by atoms with Gasteiger partial charge in [-0.2, -0.15) is 0 Å². The summed E-state index contributed by atoms with van der Waals surface area (Å²) in [5.74, 6) is 0. The lowest BCUT2D eigenvalue weighted by atomic mass is 10.1. The molecule has 0 heterocycles. The normalized spacial score (nSPS) is 13.1. The number of hydrogen-bond donors (Lipinski definition) is 1. The van der Waals surface area contributed by atoms with E-state index in [9.17, 15) is 8.42 Å². The summed E-state index contributed by atoms with van der Waals surface area (Å²) in [6.07, 6.45) is 0. The third-order valence-corrected chi connectivity index (χ3v) is 5.53. The molecule has 0 fully saturated rings. The lowest BCUT2D eigenvalue weighted by molar-refractivity contribution is 0.591. The molecule has 4 nitrogen and oxygen atoms in total. The average Bonchev–Trinajstić information content (AvgIpc) is 2.27. The van der Waals surface area contributed by atoms with Gasteiger partial charge in [0, 0.05) is 7.05 Å². The van der Waals surface area contributed by atoms with Crippen molar-refractivity contribution in [3.8, 4) is 0 Å². The van der Waals surface area contributed by atoms with Crippen molar-refractivity contribution < 1.29 is 8.42 Å². The van der Waals surface area contributed by atoms with Crippen LogP contribution in [0, 0.1) is 13.8 Å². The van der Waals surface area contributed by atoms with Crippen LogP contribution in [0.2, 0.25) is 0 Å². The lowest BCUT2D eigenvalue weighted by Gasteiger charge is -2.24. The highest BCUT2D eigenvalue weighted by atomic mass is 32.2. The second-order valence-corrected chi connectivity index (χ2v) is 7.10. The Kier molecular flexibility index (Phi) is 4.34. The number of aryl methyl sites for hydroxylation is 2. The van der Waals surface area contributed by atoms with Crippen LogP contribution in [0.25, 0.3) is 0 Å². The van der Waals surface area contributed by atoms with Crippen molar-refractivity contribution in [2.24, 2.45) is 5.73 Å². The van der Waals surface area contributed by atoms with Crippen molar-refractivity contribution in [3.63, 3.8) is 0 Å². The molecule has 1 aromatic rings. The second kappa shape index (κ2) is 5.24. The van der Waals surface area contributed by atoms with Gasteiger partial charge in [0.2, 0.25) is 10.0 Å². The molecule has 0 spiro atoms. The number of nitrogens with zero attached hydrogens (tertiary/aromatic N) is 1. The third-order valence-electron chi connectivity index (χ3n) is 2.92. The van der Waals surface area contributed by atoms with Gasteiger partial charge >= 0.3 is 0 Å². The summed E-state index contributed by atoms with van der Waals surface area (Å²) >= 11 is 4.76. The number of anilines is 1. The summed E-state index contributed by atoms with van der Waals surface area (Å²) in [4.78, 5) is -0.0217. The fourth-order valence-corrected chi connectivity index (χ4v) is 3.29. The van der Waals surface area contributed by atoms with Crippen LogP contribution in [-0.4, -0.2) is 25.7 Å². The van der Waals surface area contributed by atoms with E-state index in [0.29, 0.717) is 5.69 Å². The predicted molar refractivity (Wildman–Crippen MR) is 79.5 cm³/mol. The molecule has 0 saturated heterocycles. The van der Waals surface area contributed by atoms with Crippen molar-refractivity contribution in [2.45, 2.75) is 26.0 Å². The molecule has 6 heteroatoms. The molecule has 0 aliphatic heterocycles. The number of sulfonamides is 1. The summed E-state index contributed by atoms with van der Waals surface area (Å²) in [6.45, 7) is 5.33. The standard InChI is InChI=1S/C12H18N2O2S2/c1-8-5-6-11(9(2)7-8)14(4)18(15,16)10(3)12(13)17/h5-7,10H,1-4H3,(H2,13,17). The number of hydrogen-bond acceptors (Lipinski definition) is 3. The molecule has 0 aliphatic rings. The monoisotopic (exact) mass is 286 g/mol. The summed E-state index contributed by atoms with van der Waals surface area (Å²) < 4.78 is 25.8. The Balaban J connectivity index is 3.22. The van der Waals surface area contributed by atoms with E-state index in [-0.39, 0.29) is 4.99 Å². The van der Waals surface area contributed by atoms with E-state index in [1.54, 1.807) is 6.07 Å². The molecule has 1 rings (SSSR count). The van der Waals surface area contributed by atoms with Gasteiger partial charge in [-0.05, 0) is 32.4 Å². The first-order valence-corrected chi connectivity index (χ1v) is 7.43. The summed E-state index contributed by atoms with van der Waals surface area (Å²) in [5.41, 5.74) is 8.05. The van der Waals surface area contributed by atoms with Gasteiger partial charge in [-0.3, -0.25) is 4.31 Å². The SMILES string of the molecule is Cc1ccc(N(C)S(=O)(=O)C(C)C(N)=S)c(C)c1. The van der Waals surface area contributed by atoms with Crippen LogP contribution in [0.5, 0.6) is 0 Å². The first kappa shape index (κ1) is 14.9. The van der Waals surface area contributed by atoms with Gasteiger partial charge in [0.05, 0.1) is 10.7 Å². The van der Waals surface area contributed by atoms with Crippen molar-refractivity contribution in [1.82, 2.24) is 0 Å². The van der Waals surface area contributed by atoms with Crippen LogP contribution in [0.4, 0.5) is 5.69 Å². The number of benzene rings is 1. The second-order valence-electron chi connectivity index (χ2n) is 4.35. The smallest absolute Gasteiger partial charge is 0.244 e. The van der Waals surface area contributed by atoms with Crippen molar-refractivity contribution in [2.75, 3.05) is 11.4 Å². The fourth-order valence-electron chi connectivity index (χ4n) is 1.68. The van der Waals surface area contributed by atoms with Crippen LogP contribution < -0.4 is 10.0 Å². The highest BCUT2D eigenvalue weighted by Crippen LogP contribution is 2.24. The number of thiocarbonyl (C=S) groups is 1. The first-order chi connectivity index (χ1) is 8.17. The van der Waals surface area contributed by atoms with Crippen LogP contribution in [0.1, 0.15) is 18.1 Å². The van der Waals surface area contributed by atoms with E-state index < -0.39 is 15.3 Å². The Bertz CT molecular complexity index is 567. The van der Waals surface area contributed by atoms with Crippen LogP contribution in [0.15, 0.2) is 18.2 Å². The maximum Gasteiger partial charge on any atom is 0.244 e. The maximum atomic E-state index is 12.3. The van der Waals surface area contributed by atoms with Gasteiger partial charge in [-0.15, -0.1) is 0 Å². The largest absolute Gasteiger partial charge is 0.392 e. The number of nitrogens with two attached hydrogens (primary N) is 1. The van der Waals surface area contributed by atoms with Crippen LogP contribution in [0.3, 0.4) is 0 Å². The fraction of sp³-hybridized carbons (Fsp3) is 0.417. The van der Waals surface area contributed by atoms with Gasteiger partial charge in [0.25, 0.3) is 0 Å². The van der Waals surface area contributed by atoms with Crippen LogP contribution >= 0.6 is 12.2 Å². The van der Waals surface area contributed by atoms with Crippen molar-refractivity contribution in [1.29, 1.82) is 0 Å². The van der Waals surface area contributed by atoms with Gasteiger partial charge < -0.3 is 5.73 Å². The highest BCUT2D eigenvalue weighted by Gasteiger charge is 2.28. The Morgan fingerprint density at radius 1 is 1.39 bits per heavy atom. The third kappa shape index (κ3) is 2.81. The highest BCUT2D eigenvalue weighted by molar-refractivity contribution is 7.95. The van der Waals surface area contributed by atoms with Gasteiger partial charge in [0.15, 0.2) is 0 Å². The Hall–Kier alpha value is -1.14. The van der Waals surface area contributed by atoms with Gasteiger partial charge in [-0.25, -0.2) is 8.42 Å². The zero-order valence-electron chi connectivity index (χ0n) is 11.0. The molecule has 0 aromatic heterocycles. The molecular weight excluding hydrogens is 268 g/mol. The molecule has 0 bridgehead atoms. The zero-order valence-corrected chi connectivity index (χ0v) is 12.6. The summed E-state index contributed by atoms with van der Waals surface area (Å²) in [7, 11) is -2.04. The molecule has 100 valence electrons. The molecule has 1 aromatic carbocycles. The molecule has 0 radical (unpaired) electrons. The molecular formula is C12H18N2O2S2.